The van der Waals surface area contributed by atoms with E-state index < -0.39 is 0 Å². The minimum absolute atomic E-state index is 0.0738. The van der Waals surface area contributed by atoms with Crippen molar-refractivity contribution in [2.45, 2.75) is 19.9 Å². The average molecular weight is 349 g/mol. The molecule has 0 bridgehead atoms. The molecule has 0 fully saturated rings. The van der Waals surface area contributed by atoms with Gasteiger partial charge < -0.3 is 19.1 Å². The van der Waals surface area contributed by atoms with E-state index in [0.717, 1.165) is 10.4 Å². The highest BCUT2D eigenvalue weighted by Crippen LogP contribution is 2.35. The van der Waals surface area contributed by atoms with E-state index in [4.69, 9.17) is 14.2 Å². The first kappa shape index (κ1) is 18.1. The largest absolute Gasteiger partial charge is 0.497 e. The van der Waals surface area contributed by atoms with Crippen molar-refractivity contribution >= 4 is 17.2 Å². The summed E-state index contributed by atoms with van der Waals surface area (Å²) in [7, 11) is 6.58. The van der Waals surface area contributed by atoms with Gasteiger partial charge >= 0.3 is 0 Å². The molecule has 1 amide bonds. The summed E-state index contributed by atoms with van der Waals surface area (Å²) in [6.07, 6.45) is 0. The smallest absolute Gasteiger partial charge is 0.268 e. The van der Waals surface area contributed by atoms with Crippen LogP contribution in [0.1, 0.15) is 33.1 Å². The van der Waals surface area contributed by atoms with Gasteiger partial charge in [-0.2, -0.15) is 0 Å². The van der Waals surface area contributed by atoms with Gasteiger partial charge in [-0.25, -0.2) is 0 Å². The van der Waals surface area contributed by atoms with Crippen LogP contribution in [0.3, 0.4) is 0 Å². The van der Waals surface area contributed by atoms with E-state index >= 15 is 0 Å². The second kappa shape index (κ2) is 7.57. The van der Waals surface area contributed by atoms with Crippen molar-refractivity contribution in [3.63, 3.8) is 0 Å². The average Bonchev–Trinajstić information content (AvgIpc) is 2.99. The van der Waals surface area contributed by atoms with Gasteiger partial charge in [0.15, 0.2) is 0 Å². The zero-order valence-electron chi connectivity index (χ0n) is 14.9. The van der Waals surface area contributed by atoms with Crippen LogP contribution in [0.25, 0.3) is 0 Å². The number of nitrogens with zero attached hydrogens (tertiary/aromatic N) is 1. The van der Waals surface area contributed by atoms with Gasteiger partial charge in [0.1, 0.15) is 22.1 Å². The van der Waals surface area contributed by atoms with Crippen LogP contribution in [0.4, 0.5) is 0 Å². The molecule has 0 saturated carbocycles. The zero-order chi connectivity index (χ0) is 17.9. The molecule has 1 heterocycles. The Morgan fingerprint density at radius 2 is 1.75 bits per heavy atom. The predicted molar refractivity (Wildman–Crippen MR) is 95.7 cm³/mol. The molecular weight excluding hydrogens is 326 g/mol. The van der Waals surface area contributed by atoms with Crippen LogP contribution in [0.15, 0.2) is 24.3 Å². The third-order valence-corrected chi connectivity index (χ3v) is 5.05. The molecule has 2 aromatic rings. The van der Waals surface area contributed by atoms with Gasteiger partial charge in [-0.1, -0.05) is 0 Å². The molecule has 0 radical (unpaired) electrons. The summed E-state index contributed by atoms with van der Waals surface area (Å²) in [6.45, 7) is 3.93. The molecule has 1 aromatic carbocycles. The van der Waals surface area contributed by atoms with Crippen LogP contribution in [-0.4, -0.2) is 39.2 Å². The van der Waals surface area contributed by atoms with Crippen molar-refractivity contribution in [3.8, 4) is 17.2 Å². The number of thiophene rings is 1. The van der Waals surface area contributed by atoms with E-state index in [1.165, 1.54) is 11.3 Å². The lowest BCUT2D eigenvalue weighted by atomic mass is 10.1. The first-order chi connectivity index (χ1) is 11.4. The summed E-state index contributed by atoms with van der Waals surface area (Å²) >= 11 is 1.44. The van der Waals surface area contributed by atoms with Crippen LogP contribution in [0.2, 0.25) is 0 Å². The van der Waals surface area contributed by atoms with E-state index in [0.29, 0.717) is 22.1 Å². The second-order valence-corrected chi connectivity index (χ2v) is 6.71. The Labute approximate surface area is 146 Å². The van der Waals surface area contributed by atoms with E-state index in [9.17, 15) is 4.79 Å². The molecule has 0 N–H and O–H groups in total. The van der Waals surface area contributed by atoms with Gasteiger partial charge in [-0.15, -0.1) is 11.3 Å². The maximum atomic E-state index is 12.9. The van der Waals surface area contributed by atoms with Crippen molar-refractivity contribution in [2.24, 2.45) is 0 Å². The molecule has 1 unspecified atom stereocenters. The summed E-state index contributed by atoms with van der Waals surface area (Å²) in [5.74, 6) is 1.95. The highest BCUT2D eigenvalue weighted by atomic mass is 32.1. The van der Waals surface area contributed by atoms with E-state index in [1.807, 2.05) is 38.1 Å². The number of aryl methyl sites for hydroxylation is 1. The van der Waals surface area contributed by atoms with Gasteiger partial charge in [0, 0.05) is 23.6 Å². The topological polar surface area (TPSA) is 48.0 Å². The van der Waals surface area contributed by atoms with Crippen molar-refractivity contribution in [2.75, 3.05) is 28.4 Å². The van der Waals surface area contributed by atoms with E-state index in [-0.39, 0.29) is 11.9 Å². The van der Waals surface area contributed by atoms with Crippen molar-refractivity contribution < 1.29 is 19.0 Å². The van der Waals surface area contributed by atoms with E-state index in [1.54, 1.807) is 33.3 Å². The predicted octanol–water partition coefficient (Wildman–Crippen LogP) is 3.92. The summed E-state index contributed by atoms with van der Waals surface area (Å²) < 4.78 is 16.0. The minimum Gasteiger partial charge on any atom is -0.497 e. The fraction of sp³-hybridized carbons (Fsp3) is 0.389. The maximum Gasteiger partial charge on any atom is 0.268 e. The molecular formula is C18H23NO4S. The van der Waals surface area contributed by atoms with Gasteiger partial charge in [-0.3, -0.25) is 4.79 Å². The number of hydrogen-bond acceptors (Lipinski definition) is 5. The molecule has 2 rings (SSSR count). The SMILES string of the molecule is COc1ccc(C(C)N(C)C(=O)c2sc(C)cc2OC)c(OC)c1. The van der Waals surface area contributed by atoms with Crippen LogP contribution in [0, 0.1) is 6.92 Å². The fourth-order valence-corrected chi connectivity index (χ4v) is 3.46. The number of ether oxygens (including phenoxy) is 3. The maximum absolute atomic E-state index is 12.9. The molecule has 0 aliphatic carbocycles. The molecule has 0 spiro atoms. The van der Waals surface area contributed by atoms with Gasteiger partial charge in [-0.05, 0) is 32.0 Å². The van der Waals surface area contributed by atoms with Gasteiger partial charge in [0.25, 0.3) is 5.91 Å². The molecule has 1 atom stereocenters. The molecule has 0 aliphatic rings. The lowest BCUT2D eigenvalue weighted by Crippen LogP contribution is -2.29. The first-order valence-corrected chi connectivity index (χ1v) is 8.38. The molecule has 130 valence electrons. The lowest BCUT2D eigenvalue weighted by Gasteiger charge is -2.26. The Morgan fingerprint density at radius 3 is 2.33 bits per heavy atom. The van der Waals surface area contributed by atoms with Crippen LogP contribution in [0.5, 0.6) is 17.2 Å². The number of carbonyl (C=O) groups is 1. The van der Waals surface area contributed by atoms with Crippen molar-refractivity contribution in [1.82, 2.24) is 4.90 Å². The fourth-order valence-electron chi connectivity index (χ4n) is 2.50. The summed E-state index contributed by atoms with van der Waals surface area (Å²) in [4.78, 5) is 16.2. The number of rotatable bonds is 6. The van der Waals surface area contributed by atoms with Crippen LogP contribution >= 0.6 is 11.3 Å². The number of hydrogen-bond donors (Lipinski definition) is 0. The van der Waals surface area contributed by atoms with Gasteiger partial charge in [0.2, 0.25) is 0 Å². The monoisotopic (exact) mass is 349 g/mol. The summed E-state index contributed by atoms with van der Waals surface area (Å²) in [5, 5.41) is 0. The molecule has 1 aromatic heterocycles. The first-order valence-electron chi connectivity index (χ1n) is 7.56. The molecule has 5 nitrogen and oxygen atoms in total. The number of benzene rings is 1. The number of methoxy groups -OCH3 is 3. The van der Waals surface area contributed by atoms with Crippen molar-refractivity contribution in [3.05, 3.63) is 39.6 Å². The highest BCUT2D eigenvalue weighted by molar-refractivity contribution is 7.14. The Bertz CT molecular complexity index is 726. The van der Waals surface area contributed by atoms with E-state index in [2.05, 4.69) is 0 Å². The summed E-state index contributed by atoms with van der Waals surface area (Å²) in [5.41, 5.74) is 0.918. The summed E-state index contributed by atoms with van der Waals surface area (Å²) in [6, 6.07) is 7.32. The molecule has 24 heavy (non-hydrogen) atoms. The number of amides is 1. The lowest BCUT2D eigenvalue weighted by molar-refractivity contribution is 0.0743. The standard InChI is InChI=1S/C18H23NO4S/c1-11-9-16(23-6)17(24-11)18(20)19(3)12(2)14-8-7-13(21-4)10-15(14)22-5/h7-10,12H,1-6H3. The zero-order valence-corrected chi connectivity index (χ0v) is 15.7. The quantitative estimate of drug-likeness (QED) is 0.793. The Kier molecular flexibility index (Phi) is 5.72. The Morgan fingerprint density at radius 1 is 1.08 bits per heavy atom. The highest BCUT2D eigenvalue weighted by Gasteiger charge is 2.25. The van der Waals surface area contributed by atoms with Crippen LogP contribution < -0.4 is 14.2 Å². The Hall–Kier alpha value is -2.21. The van der Waals surface area contributed by atoms with Crippen molar-refractivity contribution in [1.29, 1.82) is 0 Å². The third-order valence-electron chi connectivity index (χ3n) is 4.03. The minimum atomic E-state index is -0.162. The Balaban J connectivity index is 2.31. The number of carbonyl (C=O) groups excluding carboxylic acids is 1. The van der Waals surface area contributed by atoms with Gasteiger partial charge in [0.05, 0.1) is 27.4 Å². The second-order valence-electron chi connectivity index (χ2n) is 5.45. The molecule has 6 heteroatoms. The third kappa shape index (κ3) is 3.48. The molecule has 0 aliphatic heterocycles. The molecule has 0 saturated heterocycles. The normalized spacial score (nSPS) is 11.8. The van der Waals surface area contributed by atoms with Crippen LogP contribution in [-0.2, 0) is 0 Å².